The predicted octanol–water partition coefficient (Wildman–Crippen LogP) is 6.57. The Balaban J connectivity index is 0.000000571. The molecule has 7 nitrogen and oxygen atoms in total. The summed E-state index contributed by atoms with van der Waals surface area (Å²) >= 11 is 0. The van der Waals surface area contributed by atoms with Gasteiger partial charge in [-0.3, -0.25) is 4.79 Å². The molecule has 34 heavy (non-hydrogen) atoms. The topological polar surface area (TPSA) is 87.9 Å². The number of alkyl halides is 2. The fourth-order valence-corrected chi connectivity index (χ4v) is 2.87. The summed E-state index contributed by atoms with van der Waals surface area (Å²) in [4.78, 5) is 22.6. The van der Waals surface area contributed by atoms with E-state index in [1.54, 1.807) is 30.3 Å². The van der Waals surface area contributed by atoms with Crippen molar-refractivity contribution >= 4 is 6.47 Å². The van der Waals surface area contributed by atoms with Crippen LogP contribution in [0.15, 0.2) is 54.6 Å². The molecule has 0 spiro atoms. The molecule has 0 bridgehead atoms. The van der Waals surface area contributed by atoms with Crippen molar-refractivity contribution in [1.82, 2.24) is 0 Å². The molecule has 1 fully saturated rings. The zero-order valence-electron chi connectivity index (χ0n) is 20.1. The lowest BCUT2D eigenvalue weighted by atomic mass is 10.1. The Morgan fingerprint density at radius 1 is 1.18 bits per heavy atom. The molecule has 9 heteroatoms. The third-order valence-electron chi connectivity index (χ3n) is 4.61. The van der Waals surface area contributed by atoms with Gasteiger partial charge in [-0.05, 0) is 50.3 Å². The largest absolute Gasteiger partial charge is 0.487 e. The summed E-state index contributed by atoms with van der Waals surface area (Å²) < 4.78 is 36.3. The van der Waals surface area contributed by atoms with Crippen LogP contribution in [0.1, 0.15) is 58.8 Å². The molecule has 1 aromatic rings. The number of carbonyl (C=O) groups is 1. The first-order valence-corrected chi connectivity index (χ1v) is 11.5. The van der Waals surface area contributed by atoms with Crippen LogP contribution in [0.25, 0.3) is 0 Å². The van der Waals surface area contributed by atoms with Crippen molar-refractivity contribution < 1.29 is 33.0 Å². The van der Waals surface area contributed by atoms with Crippen LogP contribution in [0.5, 0.6) is 5.75 Å². The maximum atomic E-state index is 13.6. The molecule has 0 aliphatic heterocycles. The lowest BCUT2D eigenvalue weighted by molar-refractivity contribution is -0.757. The van der Waals surface area contributed by atoms with Crippen LogP contribution in [0.3, 0.4) is 0 Å². The summed E-state index contributed by atoms with van der Waals surface area (Å²) in [5.41, 5.74) is 0. The molecule has 1 aliphatic carbocycles. The zero-order valence-corrected chi connectivity index (χ0v) is 20.1. The summed E-state index contributed by atoms with van der Waals surface area (Å²) in [5.74, 6) is -2.09. The first-order chi connectivity index (χ1) is 16.3. The van der Waals surface area contributed by atoms with E-state index in [9.17, 15) is 23.7 Å². The summed E-state index contributed by atoms with van der Waals surface area (Å²) in [6, 6.07) is 8.71. The van der Waals surface area contributed by atoms with Gasteiger partial charge in [-0.25, -0.2) is 0 Å². The Morgan fingerprint density at radius 3 is 2.41 bits per heavy atom. The molecule has 0 N–H and O–H groups in total. The van der Waals surface area contributed by atoms with Crippen LogP contribution in [0, 0.1) is 16.0 Å². The average molecular weight is 486 g/mol. The Hall–Kier alpha value is -2.97. The number of para-hydroxylation sites is 1. The Morgan fingerprint density at radius 2 is 1.85 bits per heavy atom. The van der Waals surface area contributed by atoms with Crippen molar-refractivity contribution in [3.8, 4) is 5.75 Å². The van der Waals surface area contributed by atoms with Gasteiger partial charge in [-0.15, -0.1) is 10.1 Å². The number of ether oxygens (including phenoxy) is 2. The van der Waals surface area contributed by atoms with E-state index in [0.717, 1.165) is 31.8 Å². The molecule has 1 aromatic carbocycles. The second-order valence-electron chi connectivity index (χ2n) is 7.50. The van der Waals surface area contributed by atoms with E-state index >= 15 is 0 Å². The van der Waals surface area contributed by atoms with E-state index in [0.29, 0.717) is 11.7 Å². The van der Waals surface area contributed by atoms with Gasteiger partial charge in [0.05, 0.1) is 0 Å². The van der Waals surface area contributed by atoms with Crippen molar-refractivity contribution in [2.45, 2.75) is 64.7 Å². The number of hydrogen-bond donors (Lipinski definition) is 0. The van der Waals surface area contributed by atoms with Crippen molar-refractivity contribution in [3.63, 3.8) is 0 Å². The summed E-state index contributed by atoms with van der Waals surface area (Å²) in [6.07, 6.45) is 15.3. The van der Waals surface area contributed by atoms with Crippen LogP contribution in [0.2, 0.25) is 0 Å². The molecular formula is C25H37F2NO6. The van der Waals surface area contributed by atoms with Crippen LogP contribution >= 0.6 is 0 Å². The lowest BCUT2D eigenvalue weighted by Gasteiger charge is -2.14. The van der Waals surface area contributed by atoms with Gasteiger partial charge in [-0.1, -0.05) is 69.0 Å². The van der Waals surface area contributed by atoms with Gasteiger partial charge < -0.3 is 14.3 Å². The molecule has 1 saturated carbocycles. The molecule has 0 atom stereocenters. The lowest BCUT2D eigenvalue weighted by Crippen LogP contribution is -2.23. The Kier molecular flexibility index (Phi) is 18.8. The van der Waals surface area contributed by atoms with E-state index in [1.807, 2.05) is 6.07 Å². The molecule has 192 valence electrons. The summed E-state index contributed by atoms with van der Waals surface area (Å²) in [5, 5.41) is 8.45. The minimum Gasteiger partial charge on any atom is -0.487 e. The van der Waals surface area contributed by atoms with Crippen molar-refractivity contribution in [1.29, 1.82) is 0 Å². The highest BCUT2D eigenvalue weighted by atomic mass is 19.3. The summed E-state index contributed by atoms with van der Waals surface area (Å²) in [6.45, 7) is 3.57. The fourth-order valence-electron chi connectivity index (χ4n) is 2.87. The molecule has 0 saturated heterocycles. The second-order valence-corrected chi connectivity index (χ2v) is 7.50. The van der Waals surface area contributed by atoms with Gasteiger partial charge in [0.1, 0.15) is 19.0 Å². The second kappa shape index (κ2) is 20.6. The molecule has 0 unspecified atom stereocenters. The van der Waals surface area contributed by atoms with E-state index < -0.39 is 17.6 Å². The number of halogens is 2. The molecule has 0 heterocycles. The SMILES string of the molecule is C/C=C\CCCC.FC(F)(/C=C/C1CCCC1)COc1ccccc1.O=COCCO[N+](=O)[O-]. The van der Waals surface area contributed by atoms with Crippen LogP contribution in [-0.2, 0) is 14.4 Å². The molecule has 0 aromatic heterocycles. The quantitative estimate of drug-likeness (QED) is 0.103. The highest BCUT2D eigenvalue weighted by Gasteiger charge is 2.27. The average Bonchev–Trinajstić information content (AvgIpc) is 3.35. The van der Waals surface area contributed by atoms with Gasteiger partial charge in [0.2, 0.25) is 0 Å². The maximum absolute atomic E-state index is 13.6. The van der Waals surface area contributed by atoms with Gasteiger partial charge in [-0.2, -0.15) is 8.78 Å². The highest BCUT2D eigenvalue weighted by molar-refractivity contribution is 5.36. The number of rotatable bonds is 13. The first-order valence-electron chi connectivity index (χ1n) is 11.5. The monoisotopic (exact) mass is 485 g/mol. The van der Waals surface area contributed by atoms with Gasteiger partial charge in [0.15, 0.2) is 6.61 Å². The molecule has 2 rings (SSSR count). The number of benzene rings is 1. The van der Waals surface area contributed by atoms with E-state index in [4.69, 9.17) is 4.74 Å². The van der Waals surface area contributed by atoms with Crippen molar-refractivity contribution in [2.24, 2.45) is 5.92 Å². The van der Waals surface area contributed by atoms with Crippen LogP contribution in [0.4, 0.5) is 8.78 Å². The predicted molar refractivity (Wildman–Crippen MR) is 127 cm³/mol. The highest BCUT2D eigenvalue weighted by Crippen LogP contribution is 2.27. The minimum absolute atomic E-state index is 0.0928. The first kappa shape index (κ1) is 31.0. The minimum atomic E-state index is -2.89. The number of unbranched alkanes of at least 4 members (excludes halogenated alkanes) is 2. The Labute approximate surface area is 200 Å². The van der Waals surface area contributed by atoms with Crippen LogP contribution < -0.4 is 4.74 Å². The van der Waals surface area contributed by atoms with Crippen molar-refractivity contribution in [2.75, 3.05) is 19.8 Å². The number of nitrogens with zero attached hydrogens (tertiary/aromatic N) is 1. The van der Waals surface area contributed by atoms with E-state index in [-0.39, 0.29) is 19.7 Å². The maximum Gasteiger partial charge on any atom is 0.299 e. The zero-order chi connectivity index (χ0) is 25.5. The molecular weight excluding hydrogens is 448 g/mol. The third kappa shape index (κ3) is 19.7. The van der Waals surface area contributed by atoms with Gasteiger partial charge in [0, 0.05) is 0 Å². The normalized spacial score (nSPS) is 13.5. The molecule has 0 radical (unpaired) electrons. The Bertz CT molecular complexity index is 692. The standard InChI is InChI=1S/C15H18F2O.C7H14.C3H5NO5/c16-15(17,11-10-13-6-4-5-7-13)12-18-14-8-2-1-3-9-14;1-3-5-7-6-4-2;5-3-8-1-2-9-4(6)7/h1-3,8-11,13H,4-7,12H2;3,5H,4,6-7H2,1-2H3;3H,1-2H2/b11-10+;5-3-;. The third-order valence-corrected chi connectivity index (χ3v) is 4.61. The number of carbonyl (C=O) groups excluding carboxylic acids is 1. The van der Waals surface area contributed by atoms with Gasteiger partial charge in [0.25, 0.3) is 17.5 Å². The molecule has 0 amide bonds. The smallest absolute Gasteiger partial charge is 0.299 e. The number of hydrogen-bond acceptors (Lipinski definition) is 6. The van der Waals surface area contributed by atoms with Gasteiger partial charge >= 0.3 is 0 Å². The number of allylic oxidation sites excluding steroid dienone is 3. The van der Waals surface area contributed by atoms with Crippen LogP contribution in [-0.4, -0.2) is 37.3 Å². The summed E-state index contributed by atoms with van der Waals surface area (Å²) in [7, 11) is 0. The molecule has 1 aliphatic rings. The fraction of sp³-hybridized carbons (Fsp3) is 0.560. The van der Waals surface area contributed by atoms with E-state index in [2.05, 4.69) is 35.6 Å². The van der Waals surface area contributed by atoms with E-state index in [1.165, 1.54) is 19.3 Å². The van der Waals surface area contributed by atoms with Crippen molar-refractivity contribution in [3.05, 3.63) is 64.8 Å².